The lowest BCUT2D eigenvalue weighted by Crippen LogP contribution is -2.46. The number of pyridine rings is 1. The molecule has 2 N–H and O–H groups in total. The number of benzene rings is 3. The molecule has 0 bridgehead atoms. The van der Waals surface area contributed by atoms with Gasteiger partial charge in [0.15, 0.2) is 0 Å². The molecule has 0 spiro atoms. The largest absolute Gasteiger partial charge is 0.371 e. The third kappa shape index (κ3) is 7.21. The molecule has 53 heavy (non-hydrogen) atoms. The molecular weight excluding hydrogens is 671 g/mol. The van der Waals surface area contributed by atoms with E-state index < -0.39 is 23.2 Å². The van der Waals surface area contributed by atoms with Gasteiger partial charge in [0, 0.05) is 54.0 Å². The first kappa shape index (κ1) is 34.4. The monoisotopic (exact) mass is 712 g/mol. The number of aryl methyl sites for hydroxylation is 1. The summed E-state index contributed by atoms with van der Waals surface area (Å²) in [6.45, 7) is 6.81. The normalized spacial score (nSPS) is 15.5. The molecule has 5 heterocycles. The summed E-state index contributed by atoms with van der Waals surface area (Å²) in [7, 11) is 0. The number of piperidine rings is 2. The van der Waals surface area contributed by atoms with E-state index in [2.05, 4.69) is 50.5 Å². The average molecular weight is 713 g/mol. The summed E-state index contributed by atoms with van der Waals surface area (Å²) >= 11 is 0. The SMILES string of the molecule is CCc1cc(N2CCC(N3CCCCC3)CC2)ccc1Nc1nccc(-c2c(-c3cccc(C(=O)Nc4c(F)cccc4F)c3)nc3ccccn23)n1. The zero-order chi connectivity index (χ0) is 36.3. The smallest absolute Gasteiger partial charge is 0.255 e. The summed E-state index contributed by atoms with van der Waals surface area (Å²) in [5, 5.41) is 5.85. The number of amides is 1. The molecule has 9 nitrogen and oxygen atoms in total. The number of carbonyl (C=O) groups is 1. The van der Waals surface area contributed by atoms with Crippen molar-refractivity contribution in [3.63, 3.8) is 0 Å². The van der Waals surface area contributed by atoms with Crippen molar-refractivity contribution in [1.29, 1.82) is 0 Å². The summed E-state index contributed by atoms with van der Waals surface area (Å²) in [5.41, 5.74) is 6.40. The molecule has 0 saturated carbocycles. The number of aromatic nitrogens is 4. The lowest BCUT2D eigenvalue weighted by Gasteiger charge is -2.41. The van der Waals surface area contributed by atoms with Crippen LogP contribution in [0.3, 0.4) is 0 Å². The van der Waals surface area contributed by atoms with Crippen LogP contribution in [0.4, 0.5) is 31.8 Å². The van der Waals surface area contributed by atoms with Crippen molar-refractivity contribution in [2.75, 3.05) is 41.7 Å². The maximum Gasteiger partial charge on any atom is 0.255 e. The molecule has 2 saturated heterocycles. The fraction of sp³-hybridized carbons (Fsp3) is 0.286. The van der Waals surface area contributed by atoms with E-state index in [9.17, 15) is 13.6 Å². The number of fused-ring (bicyclic) bond motifs is 1. The van der Waals surface area contributed by atoms with Gasteiger partial charge < -0.3 is 20.4 Å². The first-order valence-electron chi connectivity index (χ1n) is 18.5. The van der Waals surface area contributed by atoms with Crippen LogP contribution in [0, 0.1) is 11.6 Å². The van der Waals surface area contributed by atoms with Gasteiger partial charge in [0.1, 0.15) is 23.0 Å². The van der Waals surface area contributed by atoms with Crippen molar-refractivity contribution in [3.8, 4) is 22.6 Å². The molecule has 3 aromatic carbocycles. The maximum absolute atomic E-state index is 14.3. The lowest BCUT2D eigenvalue weighted by molar-refractivity contribution is 0.102. The Kier molecular flexibility index (Phi) is 9.82. The van der Waals surface area contributed by atoms with Gasteiger partial charge in [-0.25, -0.2) is 23.7 Å². The van der Waals surface area contributed by atoms with Gasteiger partial charge in [-0.15, -0.1) is 0 Å². The molecular formula is C42H42F2N8O. The van der Waals surface area contributed by atoms with E-state index in [1.54, 1.807) is 24.4 Å². The highest BCUT2D eigenvalue weighted by Crippen LogP contribution is 2.34. The first-order chi connectivity index (χ1) is 25.9. The predicted octanol–water partition coefficient (Wildman–Crippen LogP) is 8.75. The van der Waals surface area contributed by atoms with Gasteiger partial charge in [0.25, 0.3) is 5.91 Å². The van der Waals surface area contributed by atoms with Crippen molar-refractivity contribution >= 4 is 34.6 Å². The molecule has 1 amide bonds. The number of rotatable bonds is 9. The van der Waals surface area contributed by atoms with Gasteiger partial charge in [-0.1, -0.05) is 37.6 Å². The van der Waals surface area contributed by atoms with Gasteiger partial charge in [0.2, 0.25) is 5.95 Å². The quantitative estimate of drug-likeness (QED) is 0.155. The standard InChI is InChI=1S/C42H42F2N8O/c1-2-28-27-32(51-24-18-31(19-25-51)50-21-5-3-6-22-50)15-16-35(28)46-42-45-20-17-36(47-42)40-38(48-37-14-4-7-23-52(37)40)29-10-8-11-30(26-29)41(53)49-39-33(43)12-9-13-34(39)44/h4,7-17,20,23,26-27,31H,2-3,5-6,18-19,21-22,24-25H2,1H3,(H,49,53)(H,45,46,47). The highest BCUT2D eigenvalue weighted by atomic mass is 19.1. The second kappa shape index (κ2) is 15.1. The molecule has 8 rings (SSSR count). The first-order valence-corrected chi connectivity index (χ1v) is 18.5. The molecule has 11 heteroatoms. The topological polar surface area (TPSA) is 90.7 Å². The fourth-order valence-electron chi connectivity index (χ4n) is 7.69. The van der Waals surface area contributed by atoms with Crippen LogP contribution in [-0.2, 0) is 6.42 Å². The summed E-state index contributed by atoms with van der Waals surface area (Å²) in [6.07, 6.45) is 10.9. The number of para-hydroxylation sites is 1. The number of likely N-dealkylation sites (tertiary alicyclic amines) is 1. The Bertz CT molecular complexity index is 2240. The van der Waals surface area contributed by atoms with Crippen LogP contribution in [0.1, 0.15) is 54.9 Å². The second-order valence-corrected chi connectivity index (χ2v) is 13.8. The molecule has 2 aliphatic heterocycles. The number of carbonyl (C=O) groups excluding carboxylic acids is 1. The van der Waals surface area contributed by atoms with E-state index in [-0.39, 0.29) is 5.56 Å². The van der Waals surface area contributed by atoms with Crippen molar-refractivity contribution in [2.45, 2.75) is 51.5 Å². The van der Waals surface area contributed by atoms with Crippen LogP contribution in [-0.4, -0.2) is 62.4 Å². The van der Waals surface area contributed by atoms with Crippen LogP contribution >= 0.6 is 0 Å². The Balaban J connectivity index is 1.05. The summed E-state index contributed by atoms with van der Waals surface area (Å²) < 4.78 is 30.6. The van der Waals surface area contributed by atoms with Crippen molar-refractivity contribution < 1.29 is 13.6 Å². The third-order valence-electron chi connectivity index (χ3n) is 10.5. The number of nitrogens with zero attached hydrogens (tertiary/aromatic N) is 6. The highest BCUT2D eigenvalue weighted by molar-refractivity contribution is 6.05. The number of hydrogen-bond acceptors (Lipinski definition) is 7. The minimum atomic E-state index is -0.851. The number of nitrogens with one attached hydrogen (secondary N) is 2. The molecule has 6 aromatic rings. The van der Waals surface area contributed by atoms with Crippen LogP contribution in [0.15, 0.2) is 97.3 Å². The van der Waals surface area contributed by atoms with Gasteiger partial charge in [-0.2, -0.15) is 0 Å². The molecule has 3 aromatic heterocycles. The third-order valence-corrected chi connectivity index (χ3v) is 10.5. The van der Waals surface area contributed by atoms with Gasteiger partial charge in [-0.05, 0) is 111 Å². The van der Waals surface area contributed by atoms with Crippen molar-refractivity contribution in [2.24, 2.45) is 0 Å². The number of halogens is 2. The highest BCUT2D eigenvalue weighted by Gasteiger charge is 2.26. The Labute approximate surface area is 307 Å². The average Bonchev–Trinajstić information content (AvgIpc) is 3.60. The molecule has 0 radical (unpaired) electrons. The van der Waals surface area contributed by atoms with Crippen molar-refractivity contribution in [3.05, 3.63) is 120 Å². The molecule has 0 unspecified atom stereocenters. The van der Waals surface area contributed by atoms with E-state index in [0.717, 1.165) is 37.3 Å². The molecule has 2 fully saturated rings. The molecule has 0 aliphatic carbocycles. The van der Waals surface area contributed by atoms with E-state index in [4.69, 9.17) is 9.97 Å². The zero-order valence-electron chi connectivity index (χ0n) is 29.7. The van der Waals surface area contributed by atoms with Gasteiger partial charge >= 0.3 is 0 Å². The van der Waals surface area contributed by atoms with E-state index in [1.165, 1.54) is 62.5 Å². The molecule has 2 aliphatic rings. The maximum atomic E-state index is 14.3. The molecule has 0 atom stereocenters. The van der Waals surface area contributed by atoms with Crippen LogP contribution < -0.4 is 15.5 Å². The minimum absolute atomic E-state index is 0.222. The minimum Gasteiger partial charge on any atom is -0.371 e. The Morgan fingerprint density at radius 3 is 2.43 bits per heavy atom. The van der Waals surface area contributed by atoms with Crippen LogP contribution in [0.25, 0.3) is 28.3 Å². The van der Waals surface area contributed by atoms with Crippen molar-refractivity contribution in [1.82, 2.24) is 24.3 Å². The number of hydrogen-bond donors (Lipinski definition) is 2. The zero-order valence-corrected chi connectivity index (χ0v) is 29.7. The van der Waals surface area contributed by atoms with Crippen LogP contribution in [0.5, 0.6) is 0 Å². The van der Waals surface area contributed by atoms with E-state index >= 15 is 0 Å². The Morgan fingerprint density at radius 1 is 0.849 bits per heavy atom. The van der Waals surface area contributed by atoms with E-state index in [0.29, 0.717) is 40.3 Å². The summed E-state index contributed by atoms with van der Waals surface area (Å²) in [6, 6.07) is 25.1. The predicted molar refractivity (Wildman–Crippen MR) is 206 cm³/mol. The number of imidazole rings is 1. The lowest BCUT2D eigenvalue weighted by atomic mass is 9.99. The van der Waals surface area contributed by atoms with Gasteiger partial charge in [-0.3, -0.25) is 9.20 Å². The van der Waals surface area contributed by atoms with Crippen LogP contribution in [0.2, 0.25) is 0 Å². The Morgan fingerprint density at radius 2 is 1.64 bits per heavy atom. The van der Waals surface area contributed by atoms with E-state index in [1.807, 2.05) is 40.9 Å². The van der Waals surface area contributed by atoms with Gasteiger partial charge in [0.05, 0.1) is 17.1 Å². The summed E-state index contributed by atoms with van der Waals surface area (Å²) in [5.74, 6) is -1.90. The molecule has 270 valence electrons. The fourth-order valence-corrected chi connectivity index (χ4v) is 7.69. The Hall–Kier alpha value is -5.68. The number of anilines is 4. The second-order valence-electron chi connectivity index (χ2n) is 13.8. The summed E-state index contributed by atoms with van der Waals surface area (Å²) in [4.78, 5) is 32.9.